The monoisotopic (exact) mass is 274 g/mol. The number of aromatic nitrogens is 1. The predicted octanol–water partition coefficient (Wildman–Crippen LogP) is 3.88. The summed E-state index contributed by atoms with van der Waals surface area (Å²) in [4.78, 5) is 4.71. The summed E-state index contributed by atoms with van der Waals surface area (Å²) in [5.41, 5.74) is 3.64. The number of pyridine rings is 1. The van der Waals surface area contributed by atoms with Crippen molar-refractivity contribution >= 4 is 10.9 Å². The average Bonchev–Trinajstić information content (AvgIpc) is 3.33. The van der Waals surface area contributed by atoms with Gasteiger partial charge in [0.15, 0.2) is 0 Å². The number of rotatable bonds is 4. The van der Waals surface area contributed by atoms with Gasteiger partial charge in [-0.25, -0.2) is 0 Å². The molecule has 1 fully saturated rings. The molecule has 2 atom stereocenters. The summed E-state index contributed by atoms with van der Waals surface area (Å²) >= 11 is 0. The standard InChI is InChI=1S/C19H18N2/c1-2-6-14(7-3-1)17-12-19(17)20-13-16-11-10-15-8-4-5-9-18(15)21-16/h1-11,17,19-20H,12-13H2. The second-order valence-corrected chi connectivity index (χ2v) is 5.74. The van der Waals surface area contributed by atoms with Crippen LogP contribution in [0.15, 0.2) is 66.7 Å². The van der Waals surface area contributed by atoms with Crippen molar-refractivity contribution in [3.63, 3.8) is 0 Å². The summed E-state index contributed by atoms with van der Waals surface area (Å²) in [6.07, 6.45) is 1.23. The normalized spacial score (nSPS) is 20.6. The molecule has 0 amide bonds. The molecule has 4 rings (SSSR count). The van der Waals surface area contributed by atoms with Gasteiger partial charge in [0, 0.05) is 23.9 Å². The van der Waals surface area contributed by atoms with Crippen molar-refractivity contribution in [2.45, 2.75) is 24.9 Å². The molecular weight excluding hydrogens is 256 g/mol. The van der Waals surface area contributed by atoms with Crippen LogP contribution in [0.5, 0.6) is 0 Å². The van der Waals surface area contributed by atoms with Crippen LogP contribution in [0.1, 0.15) is 23.6 Å². The third-order valence-electron chi connectivity index (χ3n) is 4.22. The Labute approximate surface area is 124 Å². The van der Waals surface area contributed by atoms with Gasteiger partial charge in [0.05, 0.1) is 11.2 Å². The molecule has 21 heavy (non-hydrogen) atoms. The van der Waals surface area contributed by atoms with E-state index in [9.17, 15) is 0 Å². The smallest absolute Gasteiger partial charge is 0.0705 e. The van der Waals surface area contributed by atoms with Crippen molar-refractivity contribution in [3.05, 3.63) is 78.0 Å². The molecule has 1 aromatic heterocycles. The molecule has 0 aliphatic heterocycles. The molecule has 0 radical (unpaired) electrons. The zero-order valence-corrected chi connectivity index (χ0v) is 11.9. The first kappa shape index (κ1) is 12.5. The van der Waals surface area contributed by atoms with E-state index >= 15 is 0 Å². The molecule has 2 heteroatoms. The Morgan fingerprint density at radius 3 is 2.62 bits per heavy atom. The van der Waals surface area contributed by atoms with E-state index in [4.69, 9.17) is 4.98 Å². The fraction of sp³-hybridized carbons (Fsp3) is 0.211. The fourth-order valence-corrected chi connectivity index (χ4v) is 2.93. The van der Waals surface area contributed by atoms with E-state index in [0.29, 0.717) is 12.0 Å². The molecule has 2 unspecified atom stereocenters. The highest BCUT2D eigenvalue weighted by molar-refractivity contribution is 5.78. The van der Waals surface area contributed by atoms with Gasteiger partial charge < -0.3 is 5.32 Å². The third-order valence-corrected chi connectivity index (χ3v) is 4.22. The third kappa shape index (κ3) is 2.67. The second kappa shape index (κ2) is 5.30. The Bertz CT molecular complexity index is 752. The number of benzene rings is 2. The molecule has 1 aliphatic carbocycles. The van der Waals surface area contributed by atoms with E-state index in [1.54, 1.807) is 0 Å². The van der Waals surface area contributed by atoms with E-state index in [1.807, 2.05) is 6.07 Å². The Morgan fingerprint density at radius 1 is 0.905 bits per heavy atom. The highest BCUT2D eigenvalue weighted by atomic mass is 15.0. The largest absolute Gasteiger partial charge is 0.308 e. The van der Waals surface area contributed by atoms with Gasteiger partial charge in [-0.05, 0) is 24.1 Å². The molecule has 0 saturated heterocycles. The molecule has 2 nitrogen and oxygen atoms in total. The fourth-order valence-electron chi connectivity index (χ4n) is 2.93. The van der Waals surface area contributed by atoms with Crippen molar-refractivity contribution in [3.8, 4) is 0 Å². The molecule has 104 valence electrons. The van der Waals surface area contributed by atoms with Gasteiger partial charge in [-0.15, -0.1) is 0 Å². The molecule has 0 spiro atoms. The van der Waals surface area contributed by atoms with Crippen molar-refractivity contribution in [1.29, 1.82) is 0 Å². The van der Waals surface area contributed by atoms with Gasteiger partial charge >= 0.3 is 0 Å². The highest BCUT2D eigenvalue weighted by Crippen LogP contribution is 2.40. The minimum absolute atomic E-state index is 0.598. The quantitative estimate of drug-likeness (QED) is 0.781. The van der Waals surface area contributed by atoms with Crippen molar-refractivity contribution in [1.82, 2.24) is 10.3 Å². The minimum Gasteiger partial charge on any atom is -0.308 e. The van der Waals surface area contributed by atoms with Crippen LogP contribution in [0, 0.1) is 0 Å². The molecule has 2 aromatic carbocycles. The maximum absolute atomic E-state index is 4.71. The van der Waals surface area contributed by atoms with Crippen LogP contribution in [0.4, 0.5) is 0 Å². The van der Waals surface area contributed by atoms with Gasteiger partial charge in [0.2, 0.25) is 0 Å². The van der Waals surface area contributed by atoms with Gasteiger partial charge in [-0.3, -0.25) is 4.98 Å². The number of hydrogen-bond acceptors (Lipinski definition) is 2. The molecular formula is C19H18N2. The van der Waals surface area contributed by atoms with Crippen LogP contribution < -0.4 is 5.32 Å². The molecule has 1 heterocycles. The van der Waals surface area contributed by atoms with Crippen LogP contribution in [0.2, 0.25) is 0 Å². The Balaban J connectivity index is 1.41. The zero-order valence-electron chi connectivity index (χ0n) is 11.9. The number of hydrogen-bond donors (Lipinski definition) is 1. The molecule has 1 N–H and O–H groups in total. The van der Waals surface area contributed by atoms with Crippen molar-refractivity contribution in [2.24, 2.45) is 0 Å². The first-order valence-electron chi connectivity index (χ1n) is 7.53. The molecule has 0 bridgehead atoms. The van der Waals surface area contributed by atoms with Crippen LogP contribution in [-0.4, -0.2) is 11.0 Å². The van der Waals surface area contributed by atoms with E-state index in [-0.39, 0.29) is 0 Å². The number of para-hydroxylation sites is 1. The SMILES string of the molecule is c1ccc(C2CC2NCc2ccc3ccccc3n2)cc1. The predicted molar refractivity (Wildman–Crippen MR) is 86.2 cm³/mol. The van der Waals surface area contributed by atoms with E-state index in [2.05, 4.69) is 66.0 Å². The lowest BCUT2D eigenvalue weighted by molar-refractivity contribution is 0.662. The van der Waals surface area contributed by atoms with Crippen molar-refractivity contribution in [2.75, 3.05) is 0 Å². The molecule has 1 saturated carbocycles. The van der Waals surface area contributed by atoms with E-state index < -0.39 is 0 Å². The van der Waals surface area contributed by atoms with Crippen LogP contribution in [-0.2, 0) is 6.54 Å². The number of nitrogens with one attached hydrogen (secondary N) is 1. The maximum Gasteiger partial charge on any atom is 0.0705 e. The Kier molecular flexibility index (Phi) is 3.17. The number of fused-ring (bicyclic) bond motifs is 1. The Morgan fingerprint density at radius 2 is 1.71 bits per heavy atom. The van der Waals surface area contributed by atoms with Gasteiger partial charge in [0.1, 0.15) is 0 Å². The first-order chi connectivity index (χ1) is 10.4. The number of nitrogens with zero attached hydrogens (tertiary/aromatic N) is 1. The van der Waals surface area contributed by atoms with Gasteiger partial charge in [0.25, 0.3) is 0 Å². The van der Waals surface area contributed by atoms with Crippen LogP contribution in [0.3, 0.4) is 0 Å². The molecule has 3 aromatic rings. The Hall–Kier alpha value is -2.19. The summed E-state index contributed by atoms with van der Waals surface area (Å²) in [7, 11) is 0. The highest BCUT2D eigenvalue weighted by Gasteiger charge is 2.37. The van der Waals surface area contributed by atoms with Gasteiger partial charge in [-0.2, -0.15) is 0 Å². The summed E-state index contributed by atoms with van der Waals surface area (Å²) in [6.45, 7) is 0.846. The van der Waals surface area contributed by atoms with Crippen LogP contribution in [0.25, 0.3) is 10.9 Å². The second-order valence-electron chi connectivity index (χ2n) is 5.74. The van der Waals surface area contributed by atoms with E-state index in [1.165, 1.54) is 17.4 Å². The average molecular weight is 274 g/mol. The van der Waals surface area contributed by atoms with Crippen LogP contribution >= 0.6 is 0 Å². The lowest BCUT2D eigenvalue weighted by Crippen LogP contribution is -2.18. The first-order valence-corrected chi connectivity index (χ1v) is 7.53. The van der Waals surface area contributed by atoms with Gasteiger partial charge in [-0.1, -0.05) is 54.6 Å². The minimum atomic E-state index is 0.598. The summed E-state index contributed by atoms with van der Waals surface area (Å²) in [5.74, 6) is 0.673. The summed E-state index contributed by atoms with van der Waals surface area (Å²) in [5, 5.41) is 4.83. The lowest BCUT2D eigenvalue weighted by atomic mass is 10.1. The molecule has 1 aliphatic rings. The van der Waals surface area contributed by atoms with Crippen molar-refractivity contribution < 1.29 is 0 Å². The maximum atomic E-state index is 4.71. The summed E-state index contributed by atoms with van der Waals surface area (Å²) in [6, 6.07) is 23.9. The topological polar surface area (TPSA) is 24.9 Å². The van der Waals surface area contributed by atoms with E-state index in [0.717, 1.165) is 17.8 Å². The summed E-state index contributed by atoms with van der Waals surface area (Å²) < 4.78 is 0. The zero-order chi connectivity index (χ0) is 14.1. The lowest BCUT2D eigenvalue weighted by Gasteiger charge is -2.05.